The van der Waals surface area contributed by atoms with E-state index in [4.69, 9.17) is 14.2 Å². The summed E-state index contributed by atoms with van der Waals surface area (Å²) in [5.41, 5.74) is 0. The Kier molecular flexibility index (Phi) is 1.29. The summed E-state index contributed by atoms with van der Waals surface area (Å²) in [5, 5.41) is 0. The maximum absolute atomic E-state index is 5.54. The van der Waals surface area contributed by atoms with Gasteiger partial charge in [0, 0.05) is 0 Å². The zero-order chi connectivity index (χ0) is 8.06. The number of ether oxygens (including phenoxy) is 3. The molecule has 2 fully saturated rings. The van der Waals surface area contributed by atoms with Crippen molar-refractivity contribution in [1.82, 2.24) is 0 Å². The summed E-state index contributed by atoms with van der Waals surface area (Å²) in [4.78, 5) is 0. The van der Waals surface area contributed by atoms with Gasteiger partial charge in [-0.2, -0.15) is 0 Å². The third-order valence-corrected chi connectivity index (χ3v) is 1.93. The lowest BCUT2D eigenvalue weighted by molar-refractivity contribution is -0.157. The minimum absolute atomic E-state index is 0.0509. The molecule has 0 unspecified atom stereocenters. The lowest BCUT2D eigenvalue weighted by Crippen LogP contribution is -2.23. The molecule has 0 aliphatic carbocycles. The van der Waals surface area contributed by atoms with E-state index in [1.807, 2.05) is 13.8 Å². The van der Waals surface area contributed by atoms with Gasteiger partial charge >= 0.3 is 0 Å². The fraction of sp³-hybridized carbons (Fsp3) is 0.750. The molecule has 62 valence electrons. The summed E-state index contributed by atoms with van der Waals surface area (Å²) in [6, 6.07) is 0. The average molecular weight is 156 g/mol. The first-order valence-corrected chi connectivity index (χ1v) is 3.76. The maximum Gasteiger partial charge on any atom is 0.164 e. The third-order valence-electron chi connectivity index (χ3n) is 1.93. The van der Waals surface area contributed by atoms with Crippen molar-refractivity contribution in [3.05, 3.63) is 12.3 Å². The normalized spacial score (nSPS) is 40.4. The van der Waals surface area contributed by atoms with E-state index in [9.17, 15) is 0 Å². The van der Waals surface area contributed by atoms with E-state index in [0.29, 0.717) is 12.4 Å². The van der Waals surface area contributed by atoms with Crippen molar-refractivity contribution in [3.63, 3.8) is 0 Å². The maximum atomic E-state index is 5.54. The Labute approximate surface area is 65.9 Å². The van der Waals surface area contributed by atoms with Crippen molar-refractivity contribution in [2.45, 2.75) is 31.8 Å². The predicted octanol–water partition coefficient (Wildman–Crippen LogP) is 1.05. The van der Waals surface area contributed by atoms with E-state index >= 15 is 0 Å². The Balaban J connectivity index is 2.16. The molecular weight excluding hydrogens is 144 g/mol. The van der Waals surface area contributed by atoms with Crippen LogP contribution < -0.4 is 0 Å². The van der Waals surface area contributed by atoms with E-state index in [0.717, 1.165) is 0 Å². The second-order valence-corrected chi connectivity index (χ2v) is 3.37. The van der Waals surface area contributed by atoms with Gasteiger partial charge in [-0.15, -0.1) is 0 Å². The monoisotopic (exact) mass is 156 g/mol. The molecule has 2 heterocycles. The highest BCUT2D eigenvalue weighted by atomic mass is 16.8. The van der Waals surface area contributed by atoms with Crippen molar-refractivity contribution >= 4 is 0 Å². The fourth-order valence-electron chi connectivity index (χ4n) is 1.50. The van der Waals surface area contributed by atoms with Crippen LogP contribution in [0.3, 0.4) is 0 Å². The lowest BCUT2D eigenvalue weighted by Gasteiger charge is -2.18. The SMILES string of the molecule is C=C1OC[C@H]2OC(C)(C)O[C@@H]12. The largest absolute Gasteiger partial charge is 0.493 e. The van der Waals surface area contributed by atoms with Crippen molar-refractivity contribution in [3.8, 4) is 0 Å². The fourth-order valence-corrected chi connectivity index (χ4v) is 1.50. The highest BCUT2D eigenvalue weighted by Gasteiger charge is 2.47. The molecule has 0 bridgehead atoms. The van der Waals surface area contributed by atoms with Crippen LogP contribution in [0, 0.1) is 0 Å². The van der Waals surface area contributed by atoms with Gasteiger partial charge in [0.05, 0.1) is 0 Å². The summed E-state index contributed by atoms with van der Waals surface area (Å²) in [5.74, 6) is 0.225. The molecular formula is C8H12O3. The molecule has 0 aromatic carbocycles. The number of hydrogen-bond donors (Lipinski definition) is 0. The molecule has 0 aromatic heterocycles. The lowest BCUT2D eigenvalue weighted by atomic mass is 10.2. The Morgan fingerprint density at radius 3 is 2.82 bits per heavy atom. The van der Waals surface area contributed by atoms with Gasteiger partial charge in [0.1, 0.15) is 24.6 Å². The molecule has 2 atom stereocenters. The van der Waals surface area contributed by atoms with Crippen LogP contribution in [-0.2, 0) is 14.2 Å². The standard InChI is InChI=1S/C8H12O3/c1-5-7-6(4-9-5)10-8(2,3)11-7/h6-7H,1,4H2,2-3H3/t6-,7+/m1/s1. The van der Waals surface area contributed by atoms with Crippen LogP contribution in [0.25, 0.3) is 0 Å². The summed E-state index contributed by atoms with van der Waals surface area (Å²) in [6.45, 7) is 8.11. The molecule has 0 aromatic rings. The minimum Gasteiger partial charge on any atom is -0.493 e. The van der Waals surface area contributed by atoms with E-state index in [-0.39, 0.29) is 12.2 Å². The van der Waals surface area contributed by atoms with Crippen LogP contribution in [0.5, 0.6) is 0 Å². The van der Waals surface area contributed by atoms with Crippen molar-refractivity contribution in [2.24, 2.45) is 0 Å². The molecule has 2 aliphatic heterocycles. The summed E-state index contributed by atoms with van der Waals surface area (Å²) in [6.07, 6.45) is 0.00231. The molecule has 3 nitrogen and oxygen atoms in total. The van der Waals surface area contributed by atoms with Gasteiger partial charge in [-0.1, -0.05) is 6.58 Å². The Hall–Kier alpha value is -0.540. The van der Waals surface area contributed by atoms with Gasteiger partial charge in [0.25, 0.3) is 0 Å². The smallest absolute Gasteiger partial charge is 0.164 e. The van der Waals surface area contributed by atoms with Gasteiger partial charge < -0.3 is 14.2 Å². The second kappa shape index (κ2) is 1.99. The van der Waals surface area contributed by atoms with E-state index < -0.39 is 5.79 Å². The minimum atomic E-state index is -0.470. The second-order valence-electron chi connectivity index (χ2n) is 3.37. The molecule has 0 saturated carbocycles. The average Bonchev–Trinajstić information content (AvgIpc) is 2.31. The topological polar surface area (TPSA) is 27.7 Å². The quantitative estimate of drug-likeness (QED) is 0.524. The molecule has 0 radical (unpaired) electrons. The third kappa shape index (κ3) is 1.04. The van der Waals surface area contributed by atoms with E-state index in [2.05, 4.69) is 6.58 Å². The molecule has 0 N–H and O–H groups in total. The molecule has 0 amide bonds. The highest BCUT2D eigenvalue weighted by molar-refractivity contribution is 5.06. The first kappa shape index (κ1) is 7.13. The van der Waals surface area contributed by atoms with Gasteiger partial charge in [0.15, 0.2) is 5.79 Å². The van der Waals surface area contributed by atoms with Crippen LogP contribution in [-0.4, -0.2) is 24.6 Å². The van der Waals surface area contributed by atoms with Gasteiger partial charge in [0.2, 0.25) is 0 Å². The Morgan fingerprint density at radius 1 is 1.45 bits per heavy atom. The van der Waals surface area contributed by atoms with Crippen LogP contribution in [0.1, 0.15) is 13.8 Å². The van der Waals surface area contributed by atoms with Crippen LogP contribution in [0.4, 0.5) is 0 Å². The highest BCUT2D eigenvalue weighted by Crippen LogP contribution is 2.35. The van der Waals surface area contributed by atoms with E-state index in [1.165, 1.54) is 0 Å². The predicted molar refractivity (Wildman–Crippen MR) is 38.9 cm³/mol. The molecule has 2 rings (SSSR count). The Morgan fingerprint density at radius 2 is 2.18 bits per heavy atom. The van der Waals surface area contributed by atoms with Crippen molar-refractivity contribution < 1.29 is 14.2 Å². The summed E-state index contributed by atoms with van der Waals surface area (Å²) in [7, 11) is 0. The van der Waals surface area contributed by atoms with E-state index in [1.54, 1.807) is 0 Å². The van der Waals surface area contributed by atoms with Crippen molar-refractivity contribution in [1.29, 1.82) is 0 Å². The van der Waals surface area contributed by atoms with Crippen molar-refractivity contribution in [2.75, 3.05) is 6.61 Å². The van der Waals surface area contributed by atoms with Gasteiger partial charge in [-0.05, 0) is 13.8 Å². The molecule has 0 spiro atoms. The Bertz CT molecular complexity index is 198. The number of fused-ring (bicyclic) bond motifs is 1. The molecule has 11 heavy (non-hydrogen) atoms. The number of rotatable bonds is 0. The summed E-state index contributed by atoms with van der Waals surface area (Å²) < 4.78 is 16.2. The first-order valence-electron chi connectivity index (χ1n) is 3.76. The summed E-state index contributed by atoms with van der Waals surface area (Å²) >= 11 is 0. The molecule has 2 saturated heterocycles. The first-order chi connectivity index (χ1) is 5.08. The number of hydrogen-bond acceptors (Lipinski definition) is 3. The van der Waals surface area contributed by atoms with Crippen LogP contribution >= 0.6 is 0 Å². The van der Waals surface area contributed by atoms with Crippen LogP contribution in [0.15, 0.2) is 12.3 Å². The molecule has 2 aliphatic rings. The van der Waals surface area contributed by atoms with Gasteiger partial charge in [-0.3, -0.25) is 0 Å². The van der Waals surface area contributed by atoms with Gasteiger partial charge in [-0.25, -0.2) is 0 Å². The van der Waals surface area contributed by atoms with Crippen LogP contribution in [0.2, 0.25) is 0 Å². The molecule has 3 heteroatoms. The zero-order valence-electron chi connectivity index (χ0n) is 6.79. The zero-order valence-corrected chi connectivity index (χ0v) is 6.79.